The fraction of sp³-hybridized carbons (Fsp3) is 0.538. The Bertz CT molecular complexity index is 602. The zero-order chi connectivity index (χ0) is 18.0. The zero-order valence-electron chi connectivity index (χ0n) is 16.6. The lowest BCUT2D eigenvalue weighted by Gasteiger charge is -2.28. The van der Waals surface area contributed by atoms with Crippen LogP contribution in [0.3, 0.4) is 0 Å². The van der Waals surface area contributed by atoms with E-state index in [9.17, 15) is 0 Å². The van der Waals surface area contributed by atoms with Crippen LogP contribution in [0.1, 0.15) is 75.0 Å². The molecule has 0 amide bonds. The lowest BCUT2D eigenvalue weighted by atomic mass is 9.78. The Hall–Kier alpha value is -1.56. The minimum atomic E-state index is 0.977. The molecule has 0 saturated heterocycles. The van der Waals surface area contributed by atoms with Crippen molar-refractivity contribution < 1.29 is 0 Å². The molecule has 1 saturated carbocycles. The number of rotatable bonds is 9. The smallest absolute Gasteiger partial charge is 0.0238 e. The molecule has 2 aromatic carbocycles. The Kier molecular flexibility index (Phi) is 7.80. The van der Waals surface area contributed by atoms with E-state index in [1.54, 1.807) is 0 Å². The van der Waals surface area contributed by atoms with Crippen LogP contribution < -0.4 is 0 Å². The molecule has 0 unspecified atom stereocenters. The Morgan fingerprint density at radius 1 is 0.615 bits per heavy atom. The van der Waals surface area contributed by atoms with Gasteiger partial charge in [0.2, 0.25) is 0 Å². The first kappa shape index (κ1) is 19.2. The van der Waals surface area contributed by atoms with E-state index < -0.39 is 0 Å². The number of aryl methyl sites for hydroxylation is 3. The molecular formula is C26H36. The van der Waals surface area contributed by atoms with Gasteiger partial charge < -0.3 is 0 Å². The molecule has 0 N–H and O–H groups in total. The van der Waals surface area contributed by atoms with Gasteiger partial charge in [0, 0.05) is 0 Å². The van der Waals surface area contributed by atoms with Gasteiger partial charge in [-0.15, -0.1) is 0 Å². The average Bonchev–Trinajstić information content (AvgIpc) is 2.71. The van der Waals surface area contributed by atoms with E-state index in [2.05, 4.69) is 61.5 Å². The summed E-state index contributed by atoms with van der Waals surface area (Å²) in [7, 11) is 0. The average molecular weight is 349 g/mol. The molecule has 0 bridgehead atoms. The van der Waals surface area contributed by atoms with Crippen molar-refractivity contribution in [2.45, 2.75) is 77.6 Å². The van der Waals surface area contributed by atoms with E-state index in [0.29, 0.717) is 0 Å². The summed E-state index contributed by atoms with van der Waals surface area (Å²) in [6.07, 6.45) is 15.2. The van der Waals surface area contributed by atoms with Crippen molar-refractivity contribution in [1.82, 2.24) is 0 Å². The van der Waals surface area contributed by atoms with Gasteiger partial charge >= 0.3 is 0 Å². The van der Waals surface area contributed by atoms with Crippen molar-refractivity contribution in [3.8, 4) is 0 Å². The minimum absolute atomic E-state index is 0.977. The fourth-order valence-electron chi connectivity index (χ4n) is 4.48. The Morgan fingerprint density at radius 3 is 1.69 bits per heavy atom. The molecule has 1 aliphatic rings. The zero-order valence-corrected chi connectivity index (χ0v) is 16.6. The first-order valence-corrected chi connectivity index (χ1v) is 10.9. The summed E-state index contributed by atoms with van der Waals surface area (Å²) >= 11 is 0. The first-order chi connectivity index (χ1) is 12.8. The molecule has 140 valence electrons. The molecule has 3 rings (SSSR count). The summed E-state index contributed by atoms with van der Waals surface area (Å²) in [5.41, 5.74) is 4.43. The lowest BCUT2D eigenvalue weighted by Crippen LogP contribution is -2.15. The van der Waals surface area contributed by atoms with Crippen LogP contribution >= 0.6 is 0 Å². The second-order valence-corrected chi connectivity index (χ2v) is 8.37. The Labute approximate surface area is 161 Å². The van der Waals surface area contributed by atoms with Crippen LogP contribution in [0.5, 0.6) is 0 Å². The third-order valence-corrected chi connectivity index (χ3v) is 6.34. The van der Waals surface area contributed by atoms with Gasteiger partial charge in [0.05, 0.1) is 0 Å². The number of benzene rings is 2. The van der Waals surface area contributed by atoms with Crippen molar-refractivity contribution in [2.24, 2.45) is 11.8 Å². The summed E-state index contributed by atoms with van der Waals surface area (Å²) in [4.78, 5) is 0. The Morgan fingerprint density at radius 2 is 1.12 bits per heavy atom. The maximum absolute atomic E-state index is 2.37. The number of unbranched alkanes of at least 4 members (excludes halogenated alkanes) is 1. The summed E-state index contributed by atoms with van der Waals surface area (Å²) < 4.78 is 0. The van der Waals surface area contributed by atoms with Crippen LogP contribution in [-0.4, -0.2) is 0 Å². The highest BCUT2D eigenvalue weighted by atomic mass is 14.3. The van der Waals surface area contributed by atoms with Gasteiger partial charge in [-0.05, 0) is 54.2 Å². The molecule has 26 heavy (non-hydrogen) atoms. The maximum atomic E-state index is 2.37. The van der Waals surface area contributed by atoms with Crippen molar-refractivity contribution in [3.63, 3.8) is 0 Å². The second-order valence-electron chi connectivity index (χ2n) is 8.37. The van der Waals surface area contributed by atoms with Crippen LogP contribution in [0, 0.1) is 11.8 Å². The summed E-state index contributed by atoms with van der Waals surface area (Å²) in [6, 6.07) is 20.2. The van der Waals surface area contributed by atoms with Crippen molar-refractivity contribution in [3.05, 3.63) is 71.3 Å². The molecule has 0 spiro atoms. The normalized spacial score (nSPS) is 20.2. The molecule has 0 heteroatoms. The quantitative estimate of drug-likeness (QED) is 0.443. The largest absolute Gasteiger partial charge is 0.0654 e. The van der Waals surface area contributed by atoms with Crippen molar-refractivity contribution in [1.29, 1.82) is 0 Å². The van der Waals surface area contributed by atoms with Crippen LogP contribution in [0.2, 0.25) is 0 Å². The highest BCUT2D eigenvalue weighted by Crippen LogP contribution is 2.34. The van der Waals surface area contributed by atoms with Gasteiger partial charge in [-0.3, -0.25) is 0 Å². The molecule has 0 nitrogen and oxygen atoms in total. The van der Waals surface area contributed by atoms with Crippen LogP contribution in [0.15, 0.2) is 54.6 Å². The molecule has 0 radical (unpaired) electrons. The molecule has 0 aliphatic heterocycles. The van der Waals surface area contributed by atoms with E-state index in [4.69, 9.17) is 0 Å². The molecule has 0 heterocycles. The van der Waals surface area contributed by atoms with Gasteiger partial charge in [0.15, 0.2) is 0 Å². The monoisotopic (exact) mass is 348 g/mol. The van der Waals surface area contributed by atoms with Gasteiger partial charge in [-0.1, -0.05) is 106 Å². The van der Waals surface area contributed by atoms with E-state index in [1.807, 2.05) is 0 Å². The standard InChI is InChI=1S/C26H36/c1-2-3-7-23-11-14-25(15-12-23)18-21-26-19-16-24(17-20-26)13-10-22-8-5-4-6-9-22/h4-6,8-9,16-17,19-20,23,25H,2-3,7,10-15,18,21H2,1H3/t23-,25-. The fourth-order valence-corrected chi connectivity index (χ4v) is 4.48. The minimum Gasteiger partial charge on any atom is -0.0654 e. The first-order valence-electron chi connectivity index (χ1n) is 10.9. The van der Waals surface area contributed by atoms with Gasteiger partial charge in [-0.25, -0.2) is 0 Å². The van der Waals surface area contributed by atoms with Crippen LogP contribution in [-0.2, 0) is 19.3 Å². The molecule has 0 aromatic heterocycles. The number of hydrogen-bond donors (Lipinski definition) is 0. The maximum Gasteiger partial charge on any atom is -0.0238 e. The second kappa shape index (κ2) is 10.6. The summed E-state index contributed by atoms with van der Waals surface area (Å²) in [5, 5.41) is 0. The van der Waals surface area contributed by atoms with Crippen molar-refractivity contribution >= 4 is 0 Å². The molecular weight excluding hydrogens is 312 g/mol. The van der Waals surface area contributed by atoms with Gasteiger partial charge in [0.1, 0.15) is 0 Å². The van der Waals surface area contributed by atoms with Gasteiger partial charge in [-0.2, -0.15) is 0 Å². The topological polar surface area (TPSA) is 0 Å². The molecule has 2 aromatic rings. The van der Waals surface area contributed by atoms with Gasteiger partial charge in [0.25, 0.3) is 0 Å². The predicted octanol–water partition coefficient (Wildman–Crippen LogP) is 7.40. The lowest BCUT2D eigenvalue weighted by molar-refractivity contribution is 0.250. The van der Waals surface area contributed by atoms with E-state index in [1.165, 1.54) is 74.5 Å². The SMILES string of the molecule is CCCC[C@H]1CC[C@H](CCc2ccc(CCc3ccccc3)cc2)CC1. The molecule has 0 atom stereocenters. The summed E-state index contributed by atoms with van der Waals surface area (Å²) in [5.74, 6) is 2.01. The molecule has 1 fully saturated rings. The molecule has 1 aliphatic carbocycles. The third kappa shape index (κ3) is 6.31. The highest BCUT2D eigenvalue weighted by Gasteiger charge is 2.20. The van der Waals surface area contributed by atoms with Crippen LogP contribution in [0.4, 0.5) is 0 Å². The number of hydrogen-bond acceptors (Lipinski definition) is 0. The third-order valence-electron chi connectivity index (χ3n) is 6.34. The van der Waals surface area contributed by atoms with Crippen LogP contribution in [0.25, 0.3) is 0 Å². The van der Waals surface area contributed by atoms with E-state index in [0.717, 1.165) is 24.7 Å². The predicted molar refractivity (Wildman–Crippen MR) is 114 cm³/mol. The Balaban J connectivity index is 1.37. The van der Waals surface area contributed by atoms with E-state index >= 15 is 0 Å². The summed E-state index contributed by atoms with van der Waals surface area (Å²) in [6.45, 7) is 2.32. The van der Waals surface area contributed by atoms with E-state index in [-0.39, 0.29) is 0 Å². The highest BCUT2D eigenvalue weighted by molar-refractivity contribution is 5.24. The van der Waals surface area contributed by atoms with Crippen molar-refractivity contribution in [2.75, 3.05) is 0 Å².